The number of hydrogen-bond donors (Lipinski definition) is 1. The van der Waals surface area contributed by atoms with E-state index in [1.807, 2.05) is 13.8 Å². The van der Waals surface area contributed by atoms with Gasteiger partial charge in [0.2, 0.25) is 0 Å². The number of hydrogen-bond acceptors (Lipinski definition) is 6. The Morgan fingerprint density at radius 3 is 2.60 bits per heavy atom. The lowest BCUT2D eigenvalue weighted by Gasteiger charge is -2.25. The number of aliphatic hydroxyl groups excluding tert-OH is 1. The van der Waals surface area contributed by atoms with E-state index >= 15 is 0 Å². The Morgan fingerprint density at radius 2 is 2.00 bits per heavy atom. The summed E-state index contributed by atoms with van der Waals surface area (Å²) in [5.74, 6) is -0.998. The van der Waals surface area contributed by atoms with E-state index in [1.165, 1.54) is 4.90 Å². The van der Waals surface area contributed by atoms with E-state index < -0.39 is 17.7 Å². The van der Waals surface area contributed by atoms with Crippen molar-refractivity contribution >= 4 is 17.4 Å². The fourth-order valence-corrected chi connectivity index (χ4v) is 3.52. The number of amides is 1. The molecule has 3 rings (SSSR count). The summed E-state index contributed by atoms with van der Waals surface area (Å²) in [6.07, 6.45) is 1.59. The molecule has 0 aliphatic carbocycles. The second-order valence-electron chi connectivity index (χ2n) is 7.35. The van der Waals surface area contributed by atoms with E-state index in [2.05, 4.69) is 4.98 Å². The number of rotatable bonds is 7. The average molecular weight is 410 g/mol. The molecule has 2 heterocycles. The number of aryl methyl sites for hydroxylation is 1. The first-order valence-electron chi connectivity index (χ1n) is 9.81. The molecule has 1 aromatic heterocycles. The number of benzene rings is 1. The predicted molar refractivity (Wildman–Crippen MR) is 112 cm³/mol. The van der Waals surface area contributed by atoms with Crippen molar-refractivity contribution < 1.29 is 24.2 Å². The first-order valence-corrected chi connectivity index (χ1v) is 9.81. The van der Waals surface area contributed by atoms with Gasteiger partial charge >= 0.3 is 0 Å². The smallest absolute Gasteiger partial charge is 0.295 e. The van der Waals surface area contributed by atoms with Crippen molar-refractivity contribution in [1.29, 1.82) is 0 Å². The molecular weight excluding hydrogens is 384 g/mol. The van der Waals surface area contributed by atoms with Crippen LogP contribution >= 0.6 is 0 Å². The van der Waals surface area contributed by atoms with Gasteiger partial charge in [-0.05, 0) is 56.7 Å². The lowest BCUT2D eigenvalue weighted by molar-refractivity contribution is -0.140. The van der Waals surface area contributed by atoms with Gasteiger partial charge in [-0.15, -0.1) is 0 Å². The normalized spacial score (nSPS) is 18.3. The highest BCUT2D eigenvalue weighted by Gasteiger charge is 2.46. The Kier molecular flexibility index (Phi) is 6.52. The van der Waals surface area contributed by atoms with Gasteiger partial charge in [-0.25, -0.2) is 0 Å². The summed E-state index contributed by atoms with van der Waals surface area (Å²) < 4.78 is 10.8. The van der Waals surface area contributed by atoms with Crippen molar-refractivity contribution in [3.63, 3.8) is 0 Å². The zero-order chi connectivity index (χ0) is 21.8. The third-order valence-electron chi connectivity index (χ3n) is 4.98. The SMILES string of the molecule is COc1ccc(/C(O)=C2/C(=O)C(=O)N(CCOC(C)C)C2c2ccccn2)c(C)c1. The Hall–Kier alpha value is -3.19. The van der Waals surface area contributed by atoms with Crippen LogP contribution in [-0.4, -0.2) is 53.0 Å². The van der Waals surface area contributed by atoms with E-state index in [0.29, 0.717) is 17.0 Å². The van der Waals surface area contributed by atoms with Crippen LogP contribution < -0.4 is 4.74 Å². The van der Waals surface area contributed by atoms with Crippen LogP contribution in [0.25, 0.3) is 5.76 Å². The van der Waals surface area contributed by atoms with Crippen molar-refractivity contribution in [2.45, 2.75) is 32.9 Å². The van der Waals surface area contributed by atoms with Crippen molar-refractivity contribution in [3.05, 3.63) is 65.0 Å². The van der Waals surface area contributed by atoms with Crippen LogP contribution in [0.1, 0.15) is 36.7 Å². The highest BCUT2D eigenvalue weighted by Crippen LogP contribution is 2.39. The molecule has 1 fully saturated rings. The topological polar surface area (TPSA) is 89.0 Å². The second-order valence-corrected chi connectivity index (χ2v) is 7.35. The minimum absolute atomic E-state index is 0.00271. The maximum absolute atomic E-state index is 12.9. The molecule has 0 radical (unpaired) electrons. The summed E-state index contributed by atoms with van der Waals surface area (Å²) in [6.45, 7) is 6.09. The summed E-state index contributed by atoms with van der Waals surface area (Å²) in [5, 5.41) is 11.1. The Labute approximate surface area is 175 Å². The van der Waals surface area contributed by atoms with Crippen LogP contribution in [0.2, 0.25) is 0 Å². The molecule has 1 aromatic carbocycles. The number of ketones is 1. The van der Waals surface area contributed by atoms with Crippen molar-refractivity contribution in [2.24, 2.45) is 0 Å². The number of nitrogens with zero attached hydrogens (tertiary/aromatic N) is 2. The number of carbonyl (C=O) groups is 2. The summed E-state index contributed by atoms with van der Waals surface area (Å²) in [5.41, 5.74) is 1.72. The number of carbonyl (C=O) groups excluding carboxylic acids is 2. The van der Waals surface area contributed by atoms with E-state index in [1.54, 1.807) is 56.6 Å². The van der Waals surface area contributed by atoms with Crippen LogP contribution in [0.4, 0.5) is 0 Å². The number of aromatic nitrogens is 1. The van der Waals surface area contributed by atoms with Crippen LogP contribution in [0, 0.1) is 6.92 Å². The molecule has 1 unspecified atom stereocenters. The van der Waals surface area contributed by atoms with Gasteiger partial charge in [-0.2, -0.15) is 0 Å². The maximum Gasteiger partial charge on any atom is 0.295 e. The minimum Gasteiger partial charge on any atom is -0.507 e. The number of likely N-dealkylation sites (tertiary alicyclic amines) is 1. The molecule has 30 heavy (non-hydrogen) atoms. The van der Waals surface area contributed by atoms with Gasteiger partial charge in [0, 0.05) is 18.3 Å². The predicted octanol–water partition coefficient (Wildman–Crippen LogP) is 3.25. The van der Waals surface area contributed by atoms with Crippen LogP contribution in [0.5, 0.6) is 5.75 Å². The second kappa shape index (κ2) is 9.09. The van der Waals surface area contributed by atoms with Gasteiger partial charge < -0.3 is 19.5 Å². The van der Waals surface area contributed by atoms with Gasteiger partial charge in [-0.3, -0.25) is 14.6 Å². The minimum atomic E-state index is -0.788. The molecule has 0 saturated carbocycles. The van der Waals surface area contributed by atoms with E-state index in [4.69, 9.17) is 9.47 Å². The van der Waals surface area contributed by atoms with Gasteiger partial charge in [0.25, 0.3) is 11.7 Å². The zero-order valence-electron chi connectivity index (χ0n) is 17.6. The molecule has 0 bridgehead atoms. The lowest BCUT2D eigenvalue weighted by atomic mass is 9.96. The van der Waals surface area contributed by atoms with Crippen LogP contribution in [0.15, 0.2) is 48.2 Å². The van der Waals surface area contributed by atoms with Crippen molar-refractivity contribution in [3.8, 4) is 5.75 Å². The molecule has 7 heteroatoms. The monoisotopic (exact) mass is 410 g/mol. The molecule has 1 aliphatic heterocycles. The highest BCUT2D eigenvalue weighted by atomic mass is 16.5. The van der Waals surface area contributed by atoms with Gasteiger partial charge in [0.05, 0.1) is 31.1 Å². The first-order chi connectivity index (χ1) is 14.3. The fraction of sp³-hybridized carbons (Fsp3) is 0.348. The largest absolute Gasteiger partial charge is 0.507 e. The first kappa shape index (κ1) is 21.5. The molecule has 2 aromatic rings. The third-order valence-corrected chi connectivity index (χ3v) is 4.98. The standard InChI is InChI=1S/C23H26N2O5/c1-14(2)30-12-11-25-20(18-7-5-6-10-24-18)19(22(27)23(25)28)21(26)17-9-8-16(29-4)13-15(17)3/h5-10,13-14,20,26H,11-12H2,1-4H3/b21-19-. The molecule has 1 amide bonds. The average Bonchev–Trinajstić information content (AvgIpc) is 2.98. The zero-order valence-corrected chi connectivity index (χ0v) is 17.6. The molecule has 1 N–H and O–H groups in total. The Morgan fingerprint density at radius 1 is 1.23 bits per heavy atom. The molecule has 7 nitrogen and oxygen atoms in total. The molecule has 0 spiro atoms. The number of ether oxygens (including phenoxy) is 2. The van der Waals surface area contributed by atoms with E-state index in [9.17, 15) is 14.7 Å². The number of pyridine rings is 1. The summed E-state index contributed by atoms with van der Waals surface area (Å²) in [7, 11) is 1.56. The van der Waals surface area contributed by atoms with Gasteiger partial charge in [0.15, 0.2) is 0 Å². The maximum atomic E-state index is 12.9. The highest BCUT2D eigenvalue weighted by molar-refractivity contribution is 6.46. The third kappa shape index (κ3) is 4.21. The molecule has 158 valence electrons. The van der Waals surface area contributed by atoms with Gasteiger partial charge in [0.1, 0.15) is 17.6 Å². The van der Waals surface area contributed by atoms with E-state index in [-0.39, 0.29) is 30.6 Å². The quantitative estimate of drug-likeness (QED) is 0.428. The molecule has 1 atom stereocenters. The summed E-state index contributed by atoms with van der Waals surface area (Å²) >= 11 is 0. The van der Waals surface area contributed by atoms with Crippen molar-refractivity contribution in [2.75, 3.05) is 20.3 Å². The van der Waals surface area contributed by atoms with Crippen molar-refractivity contribution in [1.82, 2.24) is 9.88 Å². The molecular formula is C23H26N2O5. The Balaban J connectivity index is 2.09. The number of aliphatic hydroxyl groups is 1. The molecule has 1 aliphatic rings. The molecule has 1 saturated heterocycles. The van der Waals surface area contributed by atoms with Gasteiger partial charge in [-0.1, -0.05) is 6.07 Å². The lowest BCUT2D eigenvalue weighted by Crippen LogP contribution is -2.33. The van der Waals surface area contributed by atoms with E-state index in [0.717, 1.165) is 5.56 Å². The number of methoxy groups -OCH3 is 1. The van der Waals surface area contributed by atoms with Crippen LogP contribution in [0.3, 0.4) is 0 Å². The van der Waals surface area contributed by atoms with Crippen LogP contribution in [-0.2, 0) is 14.3 Å². The number of Topliss-reactive ketones (excluding diaryl/α,β-unsaturated/α-hetero) is 1. The Bertz CT molecular complexity index is 969. The summed E-state index contributed by atoms with van der Waals surface area (Å²) in [6, 6.07) is 9.62. The fourth-order valence-electron chi connectivity index (χ4n) is 3.52. The summed E-state index contributed by atoms with van der Waals surface area (Å²) in [4.78, 5) is 31.5.